The highest BCUT2D eigenvalue weighted by atomic mass is 16.5. The van der Waals surface area contributed by atoms with Crippen LogP contribution in [0.3, 0.4) is 0 Å². The predicted octanol–water partition coefficient (Wildman–Crippen LogP) is 2.26. The van der Waals surface area contributed by atoms with Gasteiger partial charge in [-0.3, -0.25) is 0 Å². The van der Waals surface area contributed by atoms with Crippen molar-refractivity contribution in [1.82, 2.24) is 0 Å². The molecule has 0 saturated carbocycles. The summed E-state index contributed by atoms with van der Waals surface area (Å²) in [6, 6.07) is 3.89. The maximum Gasteiger partial charge on any atom is 0.139 e. The number of rotatable bonds is 0. The molecule has 1 aromatic carbocycles. The van der Waals surface area contributed by atoms with E-state index in [4.69, 9.17) is 4.74 Å². The van der Waals surface area contributed by atoms with Crippen LogP contribution in [0.15, 0.2) is 23.8 Å². The van der Waals surface area contributed by atoms with Crippen LogP contribution in [-0.4, -0.2) is 18.6 Å². The Hall–Kier alpha value is -1.38. The number of phenolic OH excluding ortho intramolecular Hbond substituents is 1. The lowest BCUT2D eigenvalue weighted by molar-refractivity contribution is 0.0109. The highest BCUT2D eigenvalue weighted by Gasteiger charge is 2.45. The van der Waals surface area contributed by atoms with Crippen molar-refractivity contribution in [2.24, 2.45) is 5.92 Å². The molecule has 1 aliphatic carbocycles. The van der Waals surface area contributed by atoms with Gasteiger partial charge in [0.2, 0.25) is 0 Å². The van der Waals surface area contributed by atoms with Gasteiger partial charge < -0.3 is 9.84 Å². The molecule has 1 aliphatic heterocycles. The van der Waals surface area contributed by atoms with E-state index in [1.54, 1.807) is 0 Å². The van der Waals surface area contributed by atoms with Crippen molar-refractivity contribution < 1.29 is 9.84 Å². The Kier molecular flexibility index (Phi) is 2.70. The van der Waals surface area contributed by atoms with Crippen LogP contribution in [0.4, 0.5) is 0 Å². The Morgan fingerprint density at radius 3 is 2.84 bits per heavy atom. The first-order valence-electron chi connectivity index (χ1n) is 7.08. The fraction of sp³-hybridized carbons (Fsp3) is 0.500. The van der Waals surface area contributed by atoms with Crippen LogP contribution in [0.5, 0.6) is 11.5 Å². The van der Waals surface area contributed by atoms with Crippen LogP contribution >= 0.6 is 0 Å². The van der Waals surface area contributed by atoms with E-state index in [1.165, 1.54) is 5.57 Å². The van der Waals surface area contributed by atoms with Crippen molar-refractivity contribution in [1.29, 1.82) is 0 Å². The molecule has 0 saturated heterocycles. The quantitative estimate of drug-likeness (QED) is 0.570. The molecule has 1 aromatic rings. The van der Waals surface area contributed by atoms with Crippen LogP contribution in [0.1, 0.15) is 45.1 Å². The van der Waals surface area contributed by atoms with Gasteiger partial charge in [0.25, 0.3) is 0 Å². The van der Waals surface area contributed by atoms with E-state index in [9.17, 15) is 5.11 Å². The highest BCUT2D eigenvalue weighted by molar-refractivity contribution is 6.32. The van der Waals surface area contributed by atoms with Crippen molar-refractivity contribution in [2.75, 3.05) is 0 Å². The molecular formula is C16H21BO2. The molecule has 100 valence electrons. The fourth-order valence-electron chi connectivity index (χ4n) is 3.66. The largest absolute Gasteiger partial charge is 0.508 e. The Morgan fingerprint density at radius 2 is 2.11 bits per heavy atom. The van der Waals surface area contributed by atoms with E-state index in [0.717, 1.165) is 29.6 Å². The average Bonchev–Trinajstić information content (AvgIpc) is 2.25. The van der Waals surface area contributed by atoms with Gasteiger partial charge in [0.15, 0.2) is 0 Å². The Morgan fingerprint density at radius 1 is 1.37 bits per heavy atom. The highest BCUT2D eigenvalue weighted by Crippen LogP contribution is 2.52. The number of fused-ring (bicyclic) bond motifs is 3. The summed E-state index contributed by atoms with van der Waals surface area (Å²) in [5, 5.41) is 10.3. The van der Waals surface area contributed by atoms with E-state index in [1.807, 2.05) is 20.0 Å². The third-order valence-corrected chi connectivity index (χ3v) is 4.61. The smallest absolute Gasteiger partial charge is 0.139 e. The van der Waals surface area contributed by atoms with Gasteiger partial charge >= 0.3 is 0 Å². The van der Waals surface area contributed by atoms with Gasteiger partial charge in [-0.15, -0.1) is 0 Å². The van der Waals surface area contributed by atoms with Crippen molar-refractivity contribution >= 4 is 13.3 Å². The minimum Gasteiger partial charge on any atom is -0.508 e. The topological polar surface area (TPSA) is 29.5 Å². The second-order valence-corrected chi connectivity index (χ2v) is 6.59. The van der Waals surface area contributed by atoms with Gasteiger partial charge in [0.1, 0.15) is 24.9 Å². The molecule has 0 aromatic heterocycles. The summed E-state index contributed by atoms with van der Waals surface area (Å²) in [5.41, 5.74) is 3.27. The Balaban J connectivity index is 2.21. The molecule has 19 heavy (non-hydrogen) atoms. The Labute approximate surface area is 115 Å². The monoisotopic (exact) mass is 256 g/mol. The molecule has 0 radical (unpaired) electrons. The first-order valence-corrected chi connectivity index (χ1v) is 7.08. The van der Waals surface area contributed by atoms with Gasteiger partial charge in [-0.1, -0.05) is 17.1 Å². The zero-order valence-corrected chi connectivity index (χ0v) is 12.2. The van der Waals surface area contributed by atoms with E-state index < -0.39 is 0 Å². The van der Waals surface area contributed by atoms with E-state index in [-0.39, 0.29) is 11.5 Å². The first-order chi connectivity index (χ1) is 8.88. The van der Waals surface area contributed by atoms with E-state index in [2.05, 4.69) is 26.8 Å². The molecule has 1 N–H and O–H groups in total. The first kappa shape index (κ1) is 12.6. The Bertz CT molecular complexity index is 560. The van der Waals surface area contributed by atoms with Crippen molar-refractivity contribution in [3.05, 3.63) is 29.3 Å². The summed E-state index contributed by atoms with van der Waals surface area (Å²) in [7, 11) is 1.99. The van der Waals surface area contributed by atoms with E-state index in [0.29, 0.717) is 11.7 Å². The molecule has 1 heterocycles. The standard InChI is InChI=1S/C16H21BO2/c1-9-4-5-12-11(6-9)15-13(18)7-10(17)8-14(15)19-16(12,2)3/h6-8,11-12,18H,4-5,17H2,1-3H3/t11?,12-/m1/s1. The maximum atomic E-state index is 10.3. The lowest BCUT2D eigenvalue weighted by Gasteiger charge is -2.46. The summed E-state index contributed by atoms with van der Waals surface area (Å²) in [6.07, 6.45) is 4.59. The minimum atomic E-state index is -0.172. The maximum absolute atomic E-state index is 10.3. The molecule has 3 rings (SSSR count). The third kappa shape index (κ3) is 1.96. The molecule has 2 nitrogen and oxygen atoms in total. The molecular weight excluding hydrogens is 235 g/mol. The number of aromatic hydroxyl groups is 1. The van der Waals surface area contributed by atoms with Crippen LogP contribution < -0.4 is 10.2 Å². The van der Waals surface area contributed by atoms with Crippen LogP contribution in [0, 0.1) is 5.92 Å². The zero-order chi connectivity index (χ0) is 13.8. The number of benzene rings is 1. The molecule has 0 fully saturated rings. The normalized spacial score (nSPS) is 27.8. The summed E-state index contributed by atoms with van der Waals surface area (Å²) in [5.74, 6) is 1.96. The van der Waals surface area contributed by atoms with Crippen molar-refractivity contribution in [2.45, 2.75) is 45.1 Å². The van der Waals surface area contributed by atoms with E-state index >= 15 is 0 Å². The summed E-state index contributed by atoms with van der Waals surface area (Å²) in [4.78, 5) is 0. The molecule has 0 spiro atoms. The summed E-state index contributed by atoms with van der Waals surface area (Å²) < 4.78 is 6.20. The molecule has 2 aliphatic rings. The predicted molar refractivity (Wildman–Crippen MR) is 80.2 cm³/mol. The minimum absolute atomic E-state index is 0.172. The van der Waals surface area contributed by atoms with Gasteiger partial charge in [-0.05, 0) is 45.7 Å². The average molecular weight is 256 g/mol. The third-order valence-electron chi connectivity index (χ3n) is 4.61. The van der Waals surface area contributed by atoms with Gasteiger partial charge in [-0.25, -0.2) is 0 Å². The van der Waals surface area contributed by atoms with Gasteiger partial charge in [0, 0.05) is 17.4 Å². The molecule has 0 bridgehead atoms. The number of phenols is 1. The fourth-order valence-corrected chi connectivity index (χ4v) is 3.66. The number of allylic oxidation sites excluding steroid dienone is 2. The summed E-state index contributed by atoms with van der Waals surface area (Å²) in [6.45, 7) is 6.52. The molecule has 1 unspecified atom stereocenters. The lowest BCUT2D eigenvalue weighted by Crippen LogP contribution is -2.45. The second-order valence-electron chi connectivity index (χ2n) is 6.59. The summed E-state index contributed by atoms with van der Waals surface area (Å²) >= 11 is 0. The molecule has 2 atom stereocenters. The zero-order valence-electron chi connectivity index (χ0n) is 12.2. The number of ether oxygens (including phenoxy) is 1. The number of hydrogen-bond donors (Lipinski definition) is 1. The molecule has 0 amide bonds. The van der Waals surface area contributed by atoms with Crippen LogP contribution in [0.25, 0.3) is 0 Å². The molecule has 3 heteroatoms. The van der Waals surface area contributed by atoms with Crippen LogP contribution in [-0.2, 0) is 0 Å². The lowest BCUT2D eigenvalue weighted by atomic mass is 9.67. The SMILES string of the molecule is Bc1cc(O)c2c(c1)OC(C)(C)[C@@H]1CCC(C)=CC21. The van der Waals surface area contributed by atoms with Crippen molar-refractivity contribution in [3.63, 3.8) is 0 Å². The second kappa shape index (κ2) is 4.06. The van der Waals surface area contributed by atoms with Crippen molar-refractivity contribution in [3.8, 4) is 11.5 Å². The number of hydrogen-bond acceptors (Lipinski definition) is 2. The van der Waals surface area contributed by atoms with Gasteiger partial charge in [0.05, 0.1) is 0 Å². The van der Waals surface area contributed by atoms with Gasteiger partial charge in [-0.2, -0.15) is 0 Å². The van der Waals surface area contributed by atoms with Crippen LogP contribution in [0.2, 0.25) is 0 Å².